The first kappa shape index (κ1) is 17.8. The van der Waals surface area contributed by atoms with Crippen molar-refractivity contribution in [1.82, 2.24) is 15.1 Å². The lowest BCUT2D eigenvalue weighted by Gasteiger charge is -2.11. The van der Waals surface area contributed by atoms with E-state index >= 15 is 0 Å². The highest BCUT2D eigenvalue weighted by Gasteiger charge is 2.15. The highest BCUT2D eigenvalue weighted by Crippen LogP contribution is 2.13. The Morgan fingerprint density at radius 1 is 1.19 bits per heavy atom. The van der Waals surface area contributed by atoms with Crippen LogP contribution in [0, 0.1) is 12.7 Å². The van der Waals surface area contributed by atoms with Crippen LogP contribution >= 0.6 is 11.6 Å². The van der Waals surface area contributed by atoms with Gasteiger partial charge in [-0.1, -0.05) is 23.7 Å². The number of aromatic nitrogens is 2. The summed E-state index contributed by atoms with van der Waals surface area (Å²) in [5.74, 6) is -1.02. The molecule has 1 aromatic heterocycles. The molecule has 0 radical (unpaired) electrons. The molecule has 26 heavy (non-hydrogen) atoms. The molecule has 1 N–H and O–H groups in total. The van der Waals surface area contributed by atoms with Crippen molar-refractivity contribution >= 4 is 17.5 Å². The topological polar surface area (TPSA) is 64.0 Å². The van der Waals surface area contributed by atoms with Gasteiger partial charge in [0.2, 0.25) is 5.43 Å². The molecule has 3 rings (SSSR count). The van der Waals surface area contributed by atoms with E-state index in [2.05, 4.69) is 10.4 Å². The summed E-state index contributed by atoms with van der Waals surface area (Å²) in [6.45, 7) is 1.81. The molecule has 0 bridgehead atoms. The van der Waals surface area contributed by atoms with Crippen molar-refractivity contribution in [2.75, 3.05) is 0 Å². The maximum atomic E-state index is 13.2. The normalized spacial score (nSPS) is 10.6. The van der Waals surface area contributed by atoms with E-state index in [1.54, 1.807) is 43.3 Å². The molecule has 3 aromatic rings. The predicted molar refractivity (Wildman–Crippen MR) is 97.2 cm³/mol. The summed E-state index contributed by atoms with van der Waals surface area (Å²) in [4.78, 5) is 24.5. The van der Waals surface area contributed by atoms with Crippen molar-refractivity contribution in [3.8, 4) is 5.69 Å². The smallest absolute Gasteiger partial charge is 0.276 e. The molecule has 1 amide bonds. The fourth-order valence-corrected chi connectivity index (χ4v) is 2.59. The summed E-state index contributed by atoms with van der Waals surface area (Å²) in [5, 5.41) is 7.33. The van der Waals surface area contributed by atoms with E-state index in [0.717, 1.165) is 0 Å². The highest BCUT2D eigenvalue weighted by atomic mass is 35.5. The van der Waals surface area contributed by atoms with Crippen LogP contribution in [0.1, 0.15) is 21.7 Å². The SMILES string of the molecule is Cc1cc(=O)c(C(=O)NCc2cccc(F)c2)nn1-c1ccc(Cl)cc1. The largest absolute Gasteiger partial charge is 0.346 e. The van der Waals surface area contributed by atoms with Crippen molar-refractivity contribution in [3.05, 3.63) is 92.6 Å². The van der Waals surface area contributed by atoms with Crippen molar-refractivity contribution in [2.24, 2.45) is 0 Å². The number of aryl methyl sites for hydroxylation is 1. The van der Waals surface area contributed by atoms with Gasteiger partial charge >= 0.3 is 0 Å². The van der Waals surface area contributed by atoms with Gasteiger partial charge < -0.3 is 5.32 Å². The van der Waals surface area contributed by atoms with E-state index in [1.807, 2.05) is 0 Å². The fraction of sp³-hybridized carbons (Fsp3) is 0.105. The van der Waals surface area contributed by atoms with Gasteiger partial charge in [-0.05, 0) is 48.9 Å². The molecule has 0 unspecified atom stereocenters. The number of nitrogens with zero attached hydrogens (tertiary/aromatic N) is 2. The minimum absolute atomic E-state index is 0.0898. The number of hydrogen-bond acceptors (Lipinski definition) is 3. The van der Waals surface area contributed by atoms with E-state index < -0.39 is 17.2 Å². The zero-order valence-electron chi connectivity index (χ0n) is 13.9. The maximum Gasteiger partial charge on any atom is 0.276 e. The summed E-state index contributed by atoms with van der Waals surface area (Å²) >= 11 is 5.89. The number of nitrogens with one attached hydrogen (secondary N) is 1. The Labute approximate surface area is 154 Å². The quantitative estimate of drug-likeness (QED) is 0.765. The first-order valence-electron chi connectivity index (χ1n) is 7.83. The van der Waals surface area contributed by atoms with Crippen LogP contribution < -0.4 is 10.7 Å². The molecule has 0 saturated heterocycles. The predicted octanol–water partition coefficient (Wildman–Crippen LogP) is 3.26. The Bertz CT molecular complexity index is 1020. The van der Waals surface area contributed by atoms with Gasteiger partial charge in [0.25, 0.3) is 5.91 Å². The summed E-state index contributed by atoms with van der Waals surface area (Å²) in [5.41, 5.74) is 1.12. The van der Waals surface area contributed by atoms with Crippen LogP contribution in [-0.4, -0.2) is 15.7 Å². The van der Waals surface area contributed by atoms with Gasteiger partial charge in [-0.3, -0.25) is 9.59 Å². The van der Waals surface area contributed by atoms with Crippen molar-refractivity contribution in [2.45, 2.75) is 13.5 Å². The monoisotopic (exact) mass is 371 g/mol. The fourth-order valence-electron chi connectivity index (χ4n) is 2.46. The molecule has 1 heterocycles. The van der Waals surface area contributed by atoms with E-state index in [0.29, 0.717) is 22.0 Å². The molecule has 2 aromatic carbocycles. The van der Waals surface area contributed by atoms with Crippen molar-refractivity contribution in [1.29, 1.82) is 0 Å². The Morgan fingerprint density at radius 3 is 2.62 bits per heavy atom. The van der Waals surface area contributed by atoms with Gasteiger partial charge in [-0.25, -0.2) is 9.07 Å². The van der Waals surface area contributed by atoms with Gasteiger partial charge in [0.15, 0.2) is 5.69 Å². The number of halogens is 2. The second kappa shape index (κ2) is 7.49. The van der Waals surface area contributed by atoms with E-state index in [9.17, 15) is 14.0 Å². The van der Waals surface area contributed by atoms with Gasteiger partial charge in [-0.2, -0.15) is 5.10 Å². The standard InChI is InChI=1S/C19H15ClFN3O2/c1-12-9-17(25)18(23-24(12)16-7-5-14(20)6-8-16)19(26)22-11-13-3-2-4-15(21)10-13/h2-10H,11H2,1H3,(H,22,26). The van der Waals surface area contributed by atoms with E-state index in [-0.39, 0.29) is 12.2 Å². The maximum absolute atomic E-state index is 13.2. The Hall–Kier alpha value is -2.99. The molecule has 0 aliphatic rings. The first-order chi connectivity index (χ1) is 12.4. The molecular weight excluding hydrogens is 357 g/mol. The lowest BCUT2D eigenvalue weighted by Crippen LogP contribution is -2.31. The van der Waals surface area contributed by atoms with Crippen LogP contribution in [0.15, 0.2) is 59.4 Å². The molecule has 0 fully saturated rings. The van der Waals surface area contributed by atoms with Crippen LogP contribution in [0.2, 0.25) is 5.02 Å². The number of carbonyl (C=O) groups excluding carboxylic acids is 1. The van der Waals surface area contributed by atoms with E-state index in [4.69, 9.17) is 11.6 Å². The molecule has 132 valence electrons. The van der Waals surface area contributed by atoms with Crippen LogP contribution in [0.5, 0.6) is 0 Å². The average Bonchev–Trinajstić information content (AvgIpc) is 2.61. The molecule has 5 nitrogen and oxygen atoms in total. The molecule has 0 aliphatic carbocycles. The molecule has 0 atom stereocenters. The summed E-state index contributed by atoms with van der Waals surface area (Å²) in [7, 11) is 0. The van der Waals surface area contributed by atoms with Crippen LogP contribution in [0.25, 0.3) is 5.69 Å². The average molecular weight is 372 g/mol. The van der Waals surface area contributed by atoms with Crippen molar-refractivity contribution < 1.29 is 9.18 Å². The summed E-state index contributed by atoms with van der Waals surface area (Å²) in [6.07, 6.45) is 0. The Kier molecular flexibility index (Phi) is 5.14. The third-order valence-corrected chi connectivity index (χ3v) is 3.99. The van der Waals surface area contributed by atoms with Crippen LogP contribution in [0.3, 0.4) is 0 Å². The van der Waals surface area contributed by atoms with Gasteiger partial charge in [0.1, 0.15) is 5.82 Å². The second-order valence-corrected chi connectivity index (χ2v) is 6.14. The summed E-state index contributed by atoms with van der Waals surface area (Å²) in [6, 6.07) is 14.1. The number of amides is 1. The number of rotatable bonds is 4. The third kappa shape index (κ3) is 3.97. The van der Waals surface area contributed by atoms with Crippen LogP contribution in [-0.2, 0) is 6.54 Å². The minimum atomic E-state index is -0.623. The minimum Gasteiger partial charge on any atom is -0.346 e. The lowest BCUT2D eigenvalue weighted by molar-refractivity contribution is 0.0943. The van der Waals surface area contributed by atoms with Gasteiger partial charge in [0.05, 0.1) is 5.69 Å². The zero-order valence-corrected chi connectivity index (χ0v) is 14.6. The lowest BCUT2D eigenvalue weighted by atomic mass is 10.2. The molecule has 0 saturated carbocycles. The number of hydrogen-bond donors (Lipinski definition) is 1. The summed E-state index contributed by atoms with van der Waals surface area (Å²) < 4.78 is 14.7. The second-order valence-electron chi connectivity index (χ2n) is 5.70. The third-order valence-electron chi connectivity index (χ3n) is 3.74. The van der Waals surface area contributed by atoms with Gasteiger partial charge in [0, 0.05) is 23.3 Å². The Balaban J connectivity index is 1.87. The first-order valence-corrected chi connectivity index (χ1v) is 8.21. The molecule has 0 spiro atoms. The molecule has 0 aliphatic heterocycles. The highest BCUT2D eigenvalue weighted by molar-refractivity contribution is 6.30. The van der Waals surface area contributed by atoms with Crippen molar-refractivity contribution in [3.63, 3.8) is 0 Å². The van der Waals surface area contributed by atoms with Crippen LogP contribution in [0.4, 0.5) is 4.39 Å². The molecule has 7 heteroatoms. The molecular formula is C19H15ClFN3O2. The van der Waals surface area contributed by atoms with Gasteiger partial charge in [-0.15, -0.1) is 0 Å². The number of carbonyl (C=O) groups is 1. The Morgan fingerprint density at radius 2 is 1.92 bits per heavy atom. The zero-order chi connectivity index (χ0) is 18.7. The van der Waals surface area contributed by atoms with E-state index in [1.165, 1.54) is 22.9 Å². The number of benzene rings is 2.